The van der Waals surface area contributed by atoms with Crippen LogP contribution in [0, 0.1) is 0 Å². The molecule has 6 heteroatoms. The van der Waals surface area contributed by atoms with Crippen molar-refractivity contribution in [2.45, 2.75) is 38.8 Å². The normalized spacial score (nSPS) is 19.8. The van der Waals surface area contributed by atoms with Gasteiger partial charge in [0.15, 0.2) is 0 Å². The average Bonchev–Trinajstić information content (AvgIpc) is 2.83. The number of halogens is 1. The largest absolute Gasteiger partial charge is 0.337 e. The van der Waals surface area contributed by atoms with Crippen LogP contribution in [0.15, 0.2) is 12.4 Å². The number of carbonyl (C=O) groups excluding carboxylic acids is 1. The van der Waals surface area contributed by atoms with Gasteiger partial charge in [-0.25, -0.2) is 0 Å². The molecule has 1 fully saturated rings. The summed E-state index contributed by atoms with van der Waals surface area (Å²) in [5, 5.41) is 4.24. The van der Waals surface area contributed by atoms with E-state index in [0.717, 1.165) is 13.0 Å². The summed E-state index contributed by atoms with van der Waals surface area (Å²) in [4.78, 5) is 14.0. The number of rotatable bonds is 1. The molecule has 2 N–H and O–H groups in total. The van der Waals surface area contributed by atoms with Gasteiger partial charge in [0.05, 0.1) is 17.3 Å². The van der Waals surface area contributed by atoms with Gasteiger partial charge in [-0.15, -0.1) is 12.4 Å². The SMILES string of the molecule is CC(C)(C)n1cc(C(=O)N2CC[C@@H](N)C2)cn1.Cl. The first-order valence-electron chi connectivity index (χ1n) is 5.98. The van der Waals surface area contributed by atoms with Gasteiger partial charge in [0, 0.05) is 25.3 Å². The third kappa shape index (κ3) is 3.03. The lowest BCUT2D eigenvalue weighted by atomic mass is 10.1. The maximum absolute atomic E-state index is 12.1. The second-order valence-corrected chi connectivity index (χ2v) is 5.64. The van der Waals surface area contributed by atoms with Crippen molar-refractivity contribution in [3.05, 3.63) is 18.0 Å². The molecule has 0 radical (unpaired) electrons. The van der Waals surface area contributed by atoms with Crippen molar-refractivity contribution in [1.82, 2.24) is 14.7 Å². The Kier molecular flexibility index (Phi) is 4.40. The molecule has 1 atom stereocenters. The maximum atomic E-state index is 12.1. The molecule has 102 valence electrons. The first-order chi connectivity index (χ1) is 7.88. The van der Waals surface area contributed by atoms with Gasteiger partial charge in [-0.2, -0.15) is 5.10 Å². The molecule has 0 spiro atoms. The Bertz CT molecular complexity index is 424. The van der Waals surface area contributed by atoms with E-state index in [2.05, 4.69) is 25.9 Å². The van der Waals surface area contributed by atoms with Crippen LogP contribution in [-0.4, -0.2) is 39.7 Å². The van der Waals surface area contributed by atoms with E-state index in [1.165, 1.54) is 0 Å². The number of nitrogens with two attached hydrogens (primary N) is 1. The zero-order valence-electron chi connectivity index (χ0n) is 11.1. The molecule has 1 amide bonds. The van der Waals surface area contributed by atoms with Crippen LogP contribution in [-0.2, 0) is 5.54 Å². The molecule has 1 aliphatic rings. The Morgan fingerprint density at radius 2 is 2.17 bits per heavy atom. The van der Waals surface area contributed by atoms with Gasteiger partial charge in [-0.3, -0.25) is 9.48 Å². The average molecular weight is 273 g/mol. The number of aromatic nitrogens is 2. The molecule has 1 aliphatic heterocycles. The van der Waals surface area contributed by atoms with Crippen LogP contribution >= 0.6 is 12.4 Å². The lowest BCUT2D eigenvalue weighted by Crippen LogP contribution is -2.31. The lowest BCUT2D eigenvalue weighted by molar-refractivity contribution is 0.0790. The van der Waals surface area contributed by atoms with Crippen LogP contribution < -0.4 is 5.73 Å². The second-order valence-electron chi connectivity index (χ2n) is 5.64. The van der Waals surface area contributed by atoms with Crippen molar-refractivity contribution in [3.8, 4) is 0 Å². The Balaban J connectivity index is 0.00000162. The lowest BCUT2D eigenvalue weighted by Gasteiger charge is -2.19. The molecule has 0 aromatic carbocycles. The van der Waals surface area contributed by atoms with Gasteiger partial charge < -0.3 is 10.6 Å². The molecule has 1 aromatic rings. The summed E-state index contributed by atoms with van der Waals surface area (Å²) >= 11 is 0. The van der Waals surface area contributed by atoms with E-state index in [9.17, 15) is 4.79 Å². The molecular weight excluding hydrogens is 252 g/mol. The molecule has 0 bridgehead atoms. The quantitative estimate of drug-likeness (QED) is 0.836. The first kappa shape index (κ1) is 15.0. The zero-order valence-corrected chi connectivity index (χ0v) is 11.9. The predicted octanol–water partition coefficient (Wildman–Crippen LogP) is 1.23. The van der Waals surface area contributed by atoms with Crippen LogP contribution in [0.4, 0.5) is 0 Å². The van der Waals surface area contributed by atoms with E-state index in [0.29, 0.717) is 12.1 Å². The molecule has 2 rings (SSSR count). The predicted molar refractivity (Wildman–Crippen MR) is 73.0 cm³/mol. The van der Waals surface area contributed by atoms with Crippen LogP contribution in [0.25, 0.3) is 0 Å². The number of hydrogen-bond donors (Lipinski definition) is 1. The number of hydrogen-bond acceptors (Lipinski definition) is 3. The summed E-state index contributed by atoms with van der Waals surface area (Å²) in [7, 11) is 0. The Morgan fingerprint density at radius 3 is 2.61 bits per heavy atom. The van der Waals surface area contributed by atoms with Crippen LogP contribution in [0.5, 0.6) is 0 Å². The van der Waals surface area contributed by atoms with Crippen molar-refractivity contribution in [2.24, 2.45) is 5.73 Å². The van der Waals surface area contributed by atoms with Gasteiger partial charge in [-0.1, -0.05) is 0 Å². The molecule has 2 heterocycles. The number of amides is 1. The molecule has 0 unspecified atom stereocenters. The van der Waals surface area contributed by atoms with E-state index in [4.69, 9.17) is 5.73 Å². The van der Waals surface area contributed by atoms with E-state index >= 15 is 0 Å². The summed E-state index contributed by atoms with van der Waals surface area (Å²) in [6.45, 7) is 7.57. The van der Waals surface area contributed by atoms with Gasteiger partial charge in [0.1, 0.15) is 0 Å². The van der Waals surface area contributed by atoms with Crippen molar-refractivity contribution in [3.63, 3.8) is 0 Å². The van der Waals surface area contributed by atoms with Gasteiger partial charge in [0.25, 0.3) is 5.91 Å². The van der Waals surface area contributed by atoms with Crippen molar-refractivity contribution >= 4 is 18.3 Å². The monoisotopic (exact) mass is 272 g/mol. The van der Waals surface area contributed by atoms with Gasteiger partial charge in [0.2, 0.25) is 0 Å². The minimum absolute atomic E-state index is 0. The van der Waals surface area contributed by atoms with Gasteiger partial charge in [-0.05, 0) is 27.2 Å². The Morgan fingerprint density at radius 1 is 1.50 bits per heavy atom. The second kappa shape index (κ2) is 5.28. The summed E-state index contributed by atoms with van der Waals surface area (Å²) in [5.74, 6) is 0.0356. The minimum Gasteiger partial charge on any atom is -0.337 e. The van der Waals surface area contributed by atoms with Gasteiger partial charge >= 0.3 is 0 Å². The fourth-order valence-corrected chi connectivity index (χ4v) is 1.95. The third-order valence-electron chi connectivity index (χ3n) is 3.03. The number of nitrogens with zero attached hydrogens (tertiary/aromatic N) is 3. The molecule has 1 saturated heterocycles. The molecule has 0 aliphatic carbocycles. The first-order valence-corrected chi connectivity index (χ1v) is 5.98. The summed E-state index contributed by atoms with van der Waals surface area (Å²) in [6.07, 6.45) is 4.34. The van der Waals surface area contributed by atoms with Crippen molar-refractivity contribution in [1.29, 1.82) is 0 Å². The fourth-order valence-electron chi connectivity index (χ4n) is 1.95. The summed E-state index contributed by atoms with van der Waals surface area (Å²) in [6, 6.07) is 0.122. The van der Waals surface area contributed by atoms with E-state index in [-0.39, 0.29) is 29.9 Å². The Hall–Kier alpha value is -1.07. The summed E-state index contributed by atoms with van der Waals surface area (Å²) < 4.78 is 1.82. The zero-order chi connectivity index (χ0) is 12.6. The molecule has 1 aromatic heterocycles. The molecule has 18 heavy (non-hydrogen) atoms. The molecular formula is C12H21ClN4O. The highest BCUT2D eigenvalue weighted by Crippen LogP contribution is 2.16. The van der Waals surface area contributed by atoms with Crippen LogP contribution in [0.2, 0.25) is 0 Å². The van der Waals surface area contributed by atoms with Crippen molar-refractivity contribution < 1.29 is 4.79 Å². The minimum atomic E-state index is -0.0973. The van der Waals surface area contributed by atoms with Crippen molar-refractivity contribution in [2.75, 3.05) is 13.1 Å². The summed E-state index contributed by atoms with van der Waals surface area (Å²) in [5.41, 5.74) is 6.35. The van der Waals surface area contributed by atoms with Crippen LogP contribution in [0.3, 0.4) is 0 Å². The Labute approximate surface area is 114 Å². The highest BCUT2D eigenvalue weighted by atomic mass is 35.5. The van der Waals surface area contributed by atoms with E-state index < -0.39 is 0 Å². The highest BCUT2D eigenvalue weighted by molar-refractivity contribution is 5.94. The standard InChI is InChI=1S/C12H20N4O.ClH/c1-12(2,3)16-7-9(6-14-16)11(17)15-5-4-10(13)8-15;/h6-7,10H,4-5,8,13H2,1-3H3;1H/t10-;/m1./s1. The fraction of sp³-hybridized carbons (Fsp3) is 0.667. The van der Waals surface area contributed by atoms with E-state index in [1.54, 1.807) is 11.1 Å². The number of likely N-dealkylation sites (tertiary alicyclic amines) is 1. The van der Waals surface area contributed by atoms with Crippen LogP contribution in [0.1, 0.15) is 37.6 Å². The smallest absolute Gasteiger partial charge is 0.257 e. The van der Waals surface area contributed by atoms with E-state index in [1.807, 2.05) is 10.9 Å². The molecule has 5 nitrogen and oxygen atoms in total. The molecule has 0 saturated carbocycles. The maximum Gasteiger partial charge on any atom is 0.257 e. The third-order valence-corrected chi connectivity index (χ3v) is 3.03. The highest BCUT2D eigenvalue weighted by Gasteiger charge is 2.26. The topological polar surface area (TPSA) is 64.2 Å². The number of carbonyl (C=O) groups is 1.